The molecule has 1 aromatic carbocycles. The molecule has 0 bridgehead atoms. The van der Waals surface area contributed by atoms with Gasteiger partial charge in [0.05, 0.1) is 6.54 Å². The number of rotatable bonds is 13. The number of methoxy groups -OCH3 is 1. The minimum absolute atomic E-state index is 0.488. The number of pyridine rings is 1. The van der Waals surface area contributed by atoms with Gasteiger partial charge < -0.3 is 25.0 Å². The van der Waals surface area contributed by atoms with Crippen LogP contribution in [0.25, 0.3) is 0 Å². The normalized spacial score (nSPS) is 11.5. The molecule has 164 valence electrons. The number of aromatic nitrogens is 1. The molecule has 0 saturated heterocycles. The first-order chi connectivity index (χ1) is 14.7. The summed E-state index contributed by atoms with van der Waals surface area (Å²) in [5.41, 5.74) is 2.07. The predicted octanol–water partition coefficient (Wildman–Crippen LogP) is 2.68. The van der Waals surface area contributed by atoms with E-state index in [0.29, 0.717) is 19.0 Å². The highest BCUT2D eigenvalue weighted by atomic mass is 16.5. The standard InChI is InChI=1S/C23H35N5O2/c1-4-24-23(26-14-16-28(2)15-9-17-29-3)27-18-21-12-8-13-25-22(21)30-19-20-10-6-5-7-11-20/h5-8,10-13H,4,9,14-19H2,1-3H3,(H2,24,26,27). The summed E-state index contributed by atoms with van der Waals surface area (Å²) in [4.78, 5) is 11.4. The third-order valence-corrected chi connectivity index (χ3v) is 4.49. The zero-order valence-electron chi connectivity index (χ0n) is 18.4. The van der Waals surface area contributed by atoms with Gasteiger partial charge in [-0.05, 0) is 32.0 Å². The van der Waals surface area contributed by atoms with Crippen LogP contribution in [-0.4, -0.2) is 62.8 Å². The molecule has 0 amide bonds. The molecule has 0 fully saturated rings. The van der Waals surface area contributed by atoms with Gasteiger partial charge in [0.15, 0.2) is 5.96 Å². The Balaban J connectivity index is 1.87. The van der Waals surface area contributed by atoms with Crippen molar-refractivity contribution in [2.75, 3.05) is 46.9 Å². The van der Waals surface area contributed by atoms with E-state index in [2.05, 4.69) is 34.5 Å². The lowest BCUT2D eigenvalue weighted by Crippen LogP contribution is -2.41. The molecule has 7 heteroatoms. The van der Waals surface area contributed by atoms with Crippen LogP contribution in [-0.2, 0) is 17.9 Å². The molecule has 0 atom stereocenters. The molecule has 0 spiro atoms. The third kappa shape index (κ3) is 9.24. The molecule has 0 unspecified atom stereocenters. The van der Waals surface area contributed by atoms with Gasteiger partial charge in [-0.3, -0.25) is 0 Å². The van der Waals surface area contributed by atoms with Gasteiger partial charge in [-0.2, -0.15) is 0 Å². The van der Waals surface area contributed by atoms with Gasteiger partial charge in [-0.1, -0.05) is 36.4 Å². The van der Waals surface area contributed by atoms with Crippen molar-refractivity contribution < 1.29 is 9.47 Å². The minimum Gasteiger partial charge on any atom is -0.473 e. The maximum Gasteiger partial charge on any atom is 0.218 e. The van der Waals surface area contributed by atoms with E-state index in [1.165, 1.54) is 0 Å². The molecule has 2 N–H and O–H groups in total. The number of aliphatic imine (C=N–C) groups is 1. The van der Waals surface area contributed by atoms with Crippen molar-refractivity contribution in [1.29, 1.82) is 0 Å². The second kappa shape index (κ2) is 14.4. The van der Waals surface area contributed by atoms with Crippen molar-refractivity contribution in [2.45, 2.75) is 26.5 Å². The van der Waals surface area contributed by atoms with Gasteiger partial charge in [0.25, 0.3) is 0 Å². The van der Waals surface area contributed by atoms with Crippen LogP contribution in [0.2, 0.25) is 0 Å². The summed E-state index contributed by atoms with van der Waals surface area (Å²) < 4.78 is 11.0. The van der Waals surface area contributed by atoms with E-state index >= 15 is 0 Å². The summed E-state index contributed by atoms with van der Waals surface area (Å²) in [6.45, 7) is 7.42. The van der Waals surface area contributed by atoms with Crippen LogP contribution >= 0.6 is 0 Å². The lowest BCUT2D eigenvalue weighted by molar-refractivity contribution is 0.180. The Bertz CT molecular complexity index is 739. The molecule has 0 aliphatic rings. The van der Waals surface area contributed by atoms with E-state index < -0.39 is 0 Å². The number of likely N-dealkylation sites (N-methyl/N-ethyl adjacent to an activating group) is 1. The summed E-state index contributed by atoms with van der Waals surface area (Å²) in [6.07, 6.45) is 2.78. The Morgan fingerprint density at radius 1 is 1.10 bits per heavy atom. The average Bonchev–Trinajstić information content (AvgIpc) is 2.77. The van der Waals surface area contributed by atoms with Crippen molar-refractivity contribution >= 4 is 5.96 Å². The van der Waals surface area contributed by atoms with Crippen molar-refractivity contribution in [3.63, 3.8) is 0 Å². The predicted molar refractivity (Wildman–Crippen MR) is 122 cm³/mol. The first-order valence-corrected chi connectivity index (χ1v) is 10.5. The fourth-order valence-electron chi connectivity index (χ4n) is 2.86. The van der Waals surface area contributed by atoms with Gasteiger partial charge in [0.2, 0.25) is 5.88 Å². The number of nitrogens with one attached hydrogen (secondary N) is 2. The molecule has 30 heavy (non-hydrogen) atoms. The summed E-state index contributed by atoms with van der Waals surface area (Å²) in [6, 6.07) is 14.0. The Morgan fingerprint density at radius 2 is 1.93 bits per heavy atom. The number of ether oxygens (including phenoxy) is 2. The van der Waals surface area contributed by atoms with Crippen LogP contribution in [0.3, 0.4) is 0 Å². The number of hydrogen-bond acceptors (Lipinski definition) is 5. The smallest absolute Gasteiger partial charge is 0.218 e. The Morgan fingerprint density at radius 3 is 2.70 bits per heavy atom. The molecule has 0 aliphatic carbocycles. The summed E-state index contributed by atoms with van der Waals surface area (Å²) >= 11 is 0. The highest BCUT2D eigenvalue weighted by molar-refractivity contribution is 5.79. The number of hydrogen-bond donors (Lipinski definition) is 2. The summed E-state index contributed by atoms with van der Waals surface area (Å²) in [5.74, 6) is 1.42. The van der Waals surface area contributed by atoms with Crippen LogP contribution < -0.4 is 15.4 Å². The lowest BCUT2D eigenvalue weighted by Gasteiger charge is -2.18. The molecule has 1 heterocycles. The highest BCUT2D eigenvalue weighted by Crippen LogP contribution is 2.17. The van der Waals surface area contributed by atoms with E-state index in [-0.39, 0.29) is 0 Å². The van der Waals surface area contributed by atoms with Crippen LogP contribution in [0, 0.1) is 0 Å². The molecular weight excluding hydrogens is 378 g/mol. The van der Waals surface area contributed by atoms with Crippen LogP contribution in [0.1, 0.15) is 24.5 Å². The molecular formula is C23H35N5O2. The minimum atomic E-state index is 0.488. The molecule has 0 radical (unpaired) electrons. The van der Waals surface area contributed by atoms with Crippen LogP contribution in [0.15, 0.2) is 53.7 Å². The second-order valence-electron chi connectivity index (χ2n) is 7.01. The SMILES string of the molecule is CCNC(=NCc1cccnc1OCc1ccccc1)NCCN(C)CCCOC. The van der Waals surface area contributed by atoms with Crippen LogP contribution in [0.5, 0.6) is 5.88 Å². The van der Waals surface area contributed by atoms with Crippen molar-refractivity contribution in [1.82, 2.24) is 20.5 Å². The Kier molecular flexibility index (Phi) is 11.3. The number of guanidine groups is 1. The van der Waals surface area contributed by atoms with Crippen molar-refractivity contribution in [3.05, 3.63) is 59.8 Å². The quantitative estimate of drug-likeness (QED) is 0.299. The molecule has 2 aromatic rings. The maximum atomic E-state index is 5.94. The van der Waals surface area contributed by atoms with Gasteiger partial charge >= 0.3 is 0 Å². The Hall–Kier alpha value is -2.64. The number of benzene rings is 1. The molecule has 0 aliphatic heterocycles. The van der Waals surface area contributed by atoms with Gasteiger partial charge in [0, 0.05) is 51.7 Å². The van der Waals surface area contributed by atoms with Crippen molar-refractivity contribution in [3.8, 4) is 5.88 Å². The van der Waals surface area contributed by atoms with Crippen LogP contribution in [0.4, 0.5) is 0 Å². The van der Waals surface area contributed by atoms with E-state index in [0.717, 1.165) is 56.3 Å². The first kappa shape index (κ1) is 23.6. The van der Waals surface area contributed by atoms with Crippen molar-refractivity contribution in [2.24, 2.45) is 4.99 Å². The topological polar surface area (TPSA) is 71.0 Å². The van der Waals surface area contributed by atoms with E-state index in [9.17, 15) is 0 Å². The number of nitrogens with zero attached hydrogens (tertiary/aromatic N) is 3. The highest BCUT2D eigenvalue weighted by Gasteiger charge is 2.06. The Labute approximate surface area is 180 Å². The zero-order chi connectivity index (χ0) is 21.4. The van der Waals surface area contributed by atoms with Gasteiger partial charge in [-0.15, -0.1) is 0 Å². The molecule has 7 nitrogen and oxygen atoms in total. The second-order valence-corrected chi connectivity index (χ2v) is 7.01. The maximum absolute atomic E-state index is 5.94. The fourth-order valence-corrected chi connectivity index (χ4v) is 2.86. The molecule has 1 aromatic heterocycles. The van der Waals surface area contributed by atoms with E-state index in [1.54, 1.807) is 13.3 Å². The third-order valence-electron chi connectivity index (χ3n) is 4.49. The summed E-state index contributed by atoms with van der Waals surface area (Å²) in [7, 11) is 3.86. The monoisotopic (exact) mass is 413 g/mol. The van der Waals surface area contributed by atoms with Gasteiger partial charge in [-0.25, -0.2) is 9.98 Å². The van der Waals surface area contributed by atoms with Gasteiger partial charge in [0.1, 0.15) is 6.61 Å². The molecule has 2 rings (SSSR count). The first-order valence-electron chi connectivity index (χ1n) is 10.5. The average molecular weight is 414 g/mol. The molecule has 0 saturated carbocycles. The fraction of sp³-hybridized carbons (Fsp3) is 0.478. The largest absolute Gasteiger partial charge is 0.473 e. The van der Waals surface area contributed by atoms with E-state index in [1.807, 2.05) is 42.5 Å². The lowest BCUT2D eigenvalue weighted by atomic mass is 10.2. The summed E-state index contributed by atoms with van der Waals surface area (Å²) in [5, 5.41) is 6.69. The zero-order valence-corrected chi connectivity index (χ0v) is 18.4. The van der Waals surface area contributed by atoms with E-state index in [4.69, 9.17) is 14.5 Å².